The molecule has 1 saturated heterocycles. The Morgan fingerprint density at radius 3 is 2.52 bits per heavy atom. The molecule has 1 aromatic carbocycles. The van der Waals surface area contributed by atoms with E-state index in [-0.39, 0.29) is 0 Å². The highest BCUT2D eigenvalue weighted by atomic mass is 35.5. The molecule has 1 fully saturated rings. The van der Waals surface area contributed by atoms with Crippen molar-refractivity contribution in [2.45, 2.75) is 32.4 Å². The van der Waals surface area contributed by atoms with Crippen LogP contribution in [0.15, 0.2) is 24.3 Å². The van der Waals surface area contributed by atoms with Crippen LogP contribution in [-0.4, -0.2) is 40.4 Å². The first-order chi connectivity index (χ1) is 10.1. The van der Waals surface area contributed by atoms with E-state index < -0.39 is 0 Å². The minimum absolute atomic E-state index is 0.451. The third-order valence-electron chi connectivity index (χ3n) is 3.65. The van der Waals surface area contributed by atoms with Gasteiger partial charge >= 0.3 is 0 Å². The van der Waals surface area contributed by atoms with Gasteiger partial charge in [0.25, 0.3) is 0 Å². The van der Waals surface area contributed by atoms with Crippen molar-refractivity contribution in [1.29, 1.82) is 0 Å². The molecule has 6 heteroatoms. The third-order valence-corrected chi connectivity index (χ3v) is 3.90. The Bertz CT molecular complexity index is 584. The van der Waals surface area contributed by atoms with Crippen molar-refractivity contribution >= 4 is 17.5 Å². The number of nitrogens with zero attached hydrogens (tertiary/aromatic N) is 3. The number of aromatic nitrogens is 3. The topological polar surface area (TPSA) is 56.8 Å². The van der Waals surface area contributed by atoms with E-state index in [0.29, 0.717) is 12.1 Å². The number of rotatable bonds is 3. The Balaban J connectivity index is 1.69. The van der Waals surface area contributed by atoms with Gasteiger partial charge in [-0.1, -0.05) is 23.7 Å². The van der Waals surface area contributed by atoms with E-state index in [1.165, 1.54) is 5.56 Å². The molecule has 2 atom stereocenters. The number of halogens is 1. The van der Waals surface area contributed by atoms with Crippen molar-refractivity contribution in [2.24, 2.45) is 0 Å². The quantitative estimate of drug-likeness (QED) is 0.913. The van der Waals surface area contributed by atoms with Crippen LogP contribution in [0.2, 0.25) is 5.02 Å². The van der Waals surface area contributed by atoms with Crippen LogP contribution in [0.4, 0.5) is 5.95 Å². The lowest BCUT2D eigenvalue weighted by molar-refractivity contribution is 0.403. The lowest BCUT2D eigenvalue weighted by atomic mass is 10.1. The number of piperazine rings is 1. The maximum Gasteiger partial charge on any atom is 0.244 e. The number of aromatic amines is 1. The highest BCUT2D eigenvalue weighted by Crippen LogP contribution is 2.15. The molecular weight excluding hydrogens is 286 g/mol. The highest BCUT2D eigenvalue weighted by molar-refractivity contribution is 6.30. The number of benzene rings is 1. The molecule has 5 nitrogen and oxygen atoms in total. The molecule has 1 aliphatic heterocycles. The standard InChI is InChI=1S/C15H20ClN5/c1-10-8-21(9-11(2)17-10)15-18-14(19-20-15)7-12-3-5-13(16)6-4-12/h3-6,10-11,17H,7-9H2,1-2H3,(H,18,19,20). The fraction of sp³-hybridized carbons (Fsp3) is 0.467. The zero-order chi connectivity index (χ0) is 14.8. The van der Waals surface area contributed by atoms with E-state index in [1.54, 1.807) is 0 Å². The summed E-state index contributed by atoms with van der Waals surface area (Å²) in [7, 11) is 0. The third kappa shape index (κ3) is 3.54. The summed E-state index contributed by atoms with van der Waals surface area (Å²) in [5.74, 6) is 1.67. The van der Waals surface area contributed by atoms with Crippen LogP contribution < -0.4 is 10.2 Å². The smallest absolute Gasteiger partial charge is 0.244 e. The Morgan fingerprint density at radius 2 is 1.86 bits per heavy atom. The molecule has 2 unspecified atom stereocenters. The lowest BCUT2D eigenvalue weighted by Crippen LogP contribution is -2.54. The van der Waals surface area contributed by atoms with Crippen LogP contribution in [0.5, 0.6) is 0 Å². The molecule has 0 radical (unpaired) electrons. The number of hydrogen-bond donors (Lipinski definition) is 2. The van der Waals surface area contributed by atoms with Gasteiger partial charge in [0.2, 0.25) is 5.95 Å². The predicted octanol–water partition coefficient (Wildman–Crippen LogP) is 2.24. The number of H-pyrrole nitrogens is 1. The molecule has 2 N–H and O–H groups in total. The Kier molecular flexibility index (Phi) is 4.12. The molecule has 21 heavy (non-hydrogen) atoms. The van der Waals surface area contributed by atoms with Gasteiger partial charge in [-0.05, 0) is 31.5 Å². The van der Waals surface area contributed by atoms with Crippen LogP contribution in [0, 0.1) is 0 Å². The molecule has 112 valence electrons. The van der Waals surface area contributed by atoms with Gasteiger partial charge in [-0.2, -0.15) is 4.98 Å². The van der Waals surface area contributed by atoms with Crippen molar-refractivity contribution < 1.29 is 0 Å². The summed E-state index contributed by atoms with van der Waals surface area (Å²) in [5, 5.41) is 11.7. The first kappa shape index (κ1) is 14.4. The maximum atomic E-state index is 5.90. The molecule has 2 heterocycles. The van der Waals surface area contributed by atoms with Crippen molar-refractivity contribution in [3.05, 3.63) is 40.7 Å². The first-order valence-corrected chi connectivity index (χ1v) is 7.64. The maximum absolute atomic E-state index is 5.90. The molecule has 1 aromatic heterocycles. The van der Waals surface area contributed by atoms with Crippen molar-refractivity contribution in [2.75, 3.05) is 18.0 Å². The minimum atomic E-state index is 0.451. The summed E-state index contributed by atoms with van der Waals surface area (Å²) < 4.78 is 0. The number of anilines is 1. The van der Waals surface area contributed by atoms with E-state index in [0.717, 1.165) is 36.3 Å². The van der Waals surface area contributed by atoms with Gasteiger partial charge in [-0.3, -0.25) is 5.10 Å². The van der Waals surface area contributed by atoms with E-state index in [1.807, 2.05) is 24.3 Å². The van der Waals surface area contributed by atoms with Gasteiger partial charge < -0.3 is 10.2 Å². The van der Waals surface area contributed by atoms with Crippen molar-refractivity contribution in [3.63, 3.8) is 0 Å². The second-order valence-electron chi connectivity index (χ2n) is 5.76. The first-order valence-electron chi connectivity index (χ1n) is 7.27. The molecular formula is C15H20ClN5. The molecule has 0 saturated carbocycles. The van der Waals surface area contributed by atoms with E-state index in [9.17, 15) is 0 Å². The van der Waals surface area contributed by atoms with E-state index in [4.69, 9.17) is 11.6 Å². The molecule has 0 bridgehead atoms. The molecule has 0 aliphatic carbocycles. The van der Waals surface area contributed by atoms with Crippen LogP contribution in [0.3, 0.4) is 0 Å². The lowest BCUT2D eigenvalue weighted by Gasteiger charge is -2.35. The predicted molar refractivity (Wildman–Crippen MR) is 84.9 cm³/mol. The van der Waals surface area contributed by atoms with Gasteiger partial charge in [0.1, 0.15) is 5.82 Å². The fourth-order valence-electron chi connectivity index (χ4n) is 2.79. The molecule has 0 amide bonds. The van der Waals surface area contributed by atoms with Crippen LogP contribution in [0.25, 0.3) is 0 Å². The second-order valence-corrected chi connectivity index (χ2v) is 6.20. The second kappa shape index (κ2) is 6.03. The molecule has 0 spiro atoms. The fourth-order valence-corrected chi connectivity index (χ4v) is 2.92. The summed E-state index contributed by atoms with van der Waals surface area (Å²) >= 11 is 5.90. The minimum Gasteiger partial charge on any atom is -0.336 e. The average Bonchev–Trinajstić information content (AvgIpc) is 2.89. The van der Waals surface area contributed by atoms with Gasteiger partial charge in [0, 0.05) is 36.6 Å². The Labute approximate surface area is 129 Å². The zero-order valence-electron chi connectivity index (χ0n) is 12.3. The summed E-state index contributed by atoms with van der Waals surface area (Å²) in [5.41, 5.74) is 1.17. The Hall–Kier alpha value is -1.59. The summed E-state index contributed by atoms with van der Waals surface area (Å²) in [4.78, 5) is 6.85. The highest BCUT2D eigenvalue weighted by Gasteiger charge is 2.23. The normalized spacial score (nSPS) is 22.5. The van der Waals surface area contributed by atoms with Gasteiger partial charge in [-0.15, -0.1) is 5.10 Å². The number of hydrogen-bond acceptors (Lipinski definition) is 4. The molecule has 3 rings (SSSR count). The number of nitrogens with one attached hydrogen (secondary N) is 2. The van der Waals surface area contributed by atoms with Crippen LogP contribution in [0.1, 0.15) is 25.2 Å². The van der Waals surface area contributed by atoms with E-state index in [2.05, 4.69) is 39.2 Å². The Morgan fingerprint density at radius 1 is 1.19 bits per heavy atom. The van der Waals surface area contributed by atoms with Crippen molar-refractivity contribution in [3.8, 4) is 0 Å². The largest absolute Gasteiger partial charge is 0.336 e. The van der Waals surface area contributed by atoms with E-state index >= 15 is 0 Å². The summed E-state index contributed by atoms with van der Waals surface area (Å²) in [6, 6.07) is 8.72. The van der Waals surface area contributed by atoms with Crippen LogP contribution >= 0.6 is 11.6 Å². The van der Waals surface area contributed by atoms with Crippen molar-refractivity contribution in [1.82, 2.24) is 20.5 Å². The average molecular weight is 306 g/mol. The van der Waals surface area contributed by atoms with Gasteiger partial charge in [0.05, 0.1) is 0 Å². The van der Waals surface area contributed by atoms with Gasteiger partial charge in [0.15, 0.2) is 0 Å². The zero-order valence-corrected chi connectivity index (χ0v) is 13.1. The van der Waals surface area contributed by atoms with Gasteiger partial charge in [-0.25, -0.2) is 0 Å². The summed E-state index contributed by atoms with van der Waals surface area (Å²) in [6.45, 7) is 6.24. The monoisotopic (exact) mass is 305 g/mol. The molecule has 1 aliphatic rings. The SMILES string of the molecule is CC1CN(c2n[nH]c(Cc3ccc(Cl)cc3)n2)CC(C)N1. The van der Waals surface area contributed by atoms with Crippen LogP contribution in [-0.2, 0) is 6.42 Å². The molecule has 2 aromatic rings. The summed E-state index contributed by atoms with van der Waals surface area (Å²) in [6.07, 6.45) is 0.737.